The van der Waals surface area contributed by atoms with Crippen molar-refractivity contribution in [2.75, 3.05) is 18.5 Å². The van der Waals surface area contributed by atoms with Crippen molar-refractivity contribution in [1.29, 1.82) is 5.26 Å². The van der Waals surface area contributed by atoms with Gasteiger partial charge in [0, 0.05) is 31.0 Å². The SMILES string of the molecule is CC1CCC1.CC1CCOC1.[B]C([B])([B])n1cc(Nc2ncc3cc(C#N)[nH]c3n2)c(=O)[nH]1. The zero-order valence-corrected chi connectivity index (χ0v) is 19.0. The Labute approximate surface area is 196 Å². The molecule has 0 aromatic carbocycles. The van der Waals surface area contributed by atoms with Crippen LogP contribution in [0.2, 0.25) is 0 Å². The molecule has 5 rings (SSSR count). The molecule has 9 nitrogen and oxygen atoms in total. The summed E-state index contributed by atoms with van der Waals surface area (Å²) in [4.78, 5) is 22.8. The number of ether oxygens (including phenoxy) is 1. The van der Waals surface area contributed by atoms with Gasteiger partial charge in [0.1, 0.15) is 23.1 Å². The summed E-state index contributed by atoms with van der Waals surface area (Å²) in [5.41, 5.74) is 0.469. The lowest BCUT2D eigenvalue weighted by atomic mass is 9.49. The predicted molar refractivity (Wildman–Crippen MR) is 130 cm³/mol. The van der Waals surface area contributed by atoms with Crippen molar-refractivity contribution in [2.45, 2.75) is 44.8 Å². The number of aromatic nitrogens is 5. The predicted octanol–water partition coefficient (Wildman–Crippen LogP) is 1.99. The summed E-state index contributed by atoms with van der Waals surface area (Å²) in [5, 5.41) is 12.9. The second kappa shape index (κ2) is 10.8. The smallest absolute Gasteiger partial charge is 0.287 e. The molecule has 3 N–H and O–H groups in total. The highest BCUT2D eigenvalue weighted by atomic mass is 16.5. The molecule has 4 heterocycles. The number of hydrogen-bond donors (Lipinski definition) is 3. The Morgan fingerprint density at radius 1 is 1.27 bits per heavy atom. The highest BCUT2D eigenvalue weighted by molar-refractivity contribution is 6.56. The van der Waals surface area contributed by atoms with E-state index in [2.05, 4.69) is 39.2 Å². The molecule has 3 aromatic heterocycles. The molecule has 12 heteroatoms. The van der Waals surface area contributed by atoms with E-state index >= 15 is 0 Å². The summed E-state index contributed by atoms with van der Waals surface area (Å²) in [6, 6.07) is 3.59. The number of anilines is 2. The Morgan fingerprint density at radius 2 is 2.00 bits per heavy atom. The van der Waals surface area contributed by atoms with Crippen molar-refractivity contribution >= 4 is 46.2 Å². The van der Waals surface area contributed by atoms with E-state index in [0.29, 0.717) is 16.7 Å². The minimum atomic E-state index is -1.73. The van der Waals surface area contributed by atoms with Gasteiger partial charge in [-0.3, -0.25) is 9.89 Å². The molecule has 2 fully saturated rings. The van der Waals surface area contributed by atoms with Gasteiger partial charge >= 0.3 is 0 Å². The van der Waals surface area contributed by atoms with Crippen LogP contribution in [0.25, 0.3) is 11.0 Å². The second-order valence-corrected chi connectivity index (χ2v) is 8.66. The Balaban J connectivity index is 0.000000226. The molecule has 1 atom stereocenters. The minimum absolute atomic E-state index is 0.122. The number of rotatable bonds is 3. The molecule has 33 heavy (non-hydrogen) atoms. The Hall–Kier alpha value is -2.93. The molecule has 1 unspecified atom stereocenters. The third kappa shape index (κ3) is 7.03. The maximum absolute atomic E-state index is 11.8. The largest absolute Gasteiger partial charge is 0.381 e. The fraction of sp³-hybridized carbons (Fsp3) is 0.524. The maximum atomic E-state index is 11.8. The summed E-state index contributed by atoms with van der Waals surface area (Å²) in [6.07, 6.45) is 8.55. The molecule has 1 saturated carbocycles. The summed E-state index contributed by atoms with van der Waals surface area (Å²) in [7, 11) is 16.4. The van der Waals surface area contributed by atoms with E-state index in [1.165, 1.54) is 38.1 Å². The van der Waals surface area contributed by atoms with Gasteiger partial charge in [0.15, 0.2) is 0 Å². The standard InChI is InChI=1S/C11H6B3N7O.C5H10O.C5H10/c12-11(13,14)21-4-7(9(22)20-21)18-10-16-3-5-1-6(2-15)17-8(5)19-10;1-5-2-3-6-4-5;1-5-3-2-4-5/h1,3-4H,(H,20,22)(H2,16,17,18,19);5H,2-4H2,1H3;5H,2-4H2,1H3. The Kier molecular flexibility index (Phi) is 8.08. The molecule has 1 saturated heterocycles. The molecule has 1 aliphatic carbocycles. The van der Waals surface area contributed by atoms with E-state index < -0.39 is 10.8 Å². The zero-order valence-electron chi connectivity index (χ0n) is 19.0. The number of nitriles is 1. The van der Waals surface area contributed by atoms with Crippen LogP contribution >= 0.6 is 0 Å². The second-order valence-electron chi connectivity index (χ2n) is 8.66. The van der Waals surface area contributed by atoms with Crippen LogP contribution in [-0.4, -0.2) is 61.5 Å². The number of hydrogen-bond acceptors (Lipinski definition) is 6. The minimum Gasteiger partial charge on any atom is -0.381 e. The molecular formula is C21H26B3N7O2. The normalized spacial score (nSPS) is 17.8. The average molecular weight is 441 g/mol. The molecule has 3 aromatic rings. The van der Waals surface area contributed by atoms with Crippen molar-refractivity contribution in [1.82, 2.24) is 24.7 Å². The van der Waals surface area contributed by atoms with Crippen LogP contribution in [0.3, 0.4) is 0 Å². The van der Waals surface area contributed by atoms with Crippen molar-refractivity contribution in [2.24, 2.45) is 11.8 Å². The van der Waals surface area contributed by atoms with E-state index in [4.69, 9.17) is 33.5 Å². The topological polar surface area (TPSA) is 124 Å². The van der Waals surface area contributed by atoms with Gasteiger partial charge < -0.3 is 19.7 Å². The maximum Gasteiger partial charge on any atom is 0.287 e. The van der Waals surface area contributed by atoms with Crippen molar-refractivity contribution in [3.8, 4) is 6.07 Å². The lowest BCUT2D eigenvalue weighted by Crippen LogP contribution is -2.36. The quantitative estimate of drug-likeness (QED) is 0.535. The number of nitrogens with zero attached hydrogens (tertiary/aromatic N) is 4. The molecule has 166 valence electrons. The van der Waals surface area contributed by atoms with E-state index in [-0.39, 0.29) is 11.6 Å². The van der Waals surface area contributed by atoms with Gasteiger partial charge in [0.05, 0.1) is 23.5 Å². The van der Waals surface area contributed by atoms with Crippen LogP contribution in [-0.2, 0) is 9.97 Å². The first kappa shape index (κ1) is 24.7. The highest BCUT2D eigenvalue weighted by Crippen LogP contribution is 2.24. The summed E-state index contributed by atoms with van der Waals surface area (Å²) in [5.74, 6) is 2.05. The molecule has 2 aliphatic rings. The van der Waals surface area contributed by atoms with Gasteiger partial charge in [0.25, 0.3) is 5.56 Å². The third-order valence-corrected chi connectivity index (χ3v) is 5.43. The Morgan fingerprint density at radius 3 is 2.45 bits per heavy atom. The van der Waals surface area contributed by atoms with Gasteiger partial charge in [-0.15, -0.1) is 0 Å². The van der Waals surface area contributed by atoms with Gasteiger partial charge in [-0.25, -0.2) is 4.98 Å². The van der Waals surface area contributed by atoms with Crippen molar-refractivity contribution in [3.05, 3.63) is 34.5 Å². The Bertz CT molecular complexity index is 1150. The van der Waals surface area contributed by atoms with Crippen molar-refractivity contribution in [3.63, 3.8) is 0 Å². The molecule has 0 spiro atoms. The third-order valence-electron chi connectivity index (χ3n) is 5.43. The van der Waals surface area contributed by atoms with E-state index in [1.54, 1.807) is 6.07 Å². The molecule has 6 radical (unpaired) electrons. The van der Waals surface area contributed by atoms with E-state index in [9.17, 15) is 4.79 Å². The average Bonchev–Trinajstić information content (AvgIpc) is 3.47. The number of nitrogens with one attached hydrogen (secondary N) is 3. The number of fused-ring (bicyclic) bond motifs is 1. The molecule has 0 bridgehead atoms. The van der Waals surface area contributed by atoms with Crippen LogP contribution < -0.4 is 10.9 Å². The fourth-order valence-electron chi connectivity index (χ4n) is 3.11. The molecule has 1 aliphatic heterocycles. The van der Waals surface area contributed by atoms with Crippen LogP contribution in [0, 0.1) is 23.2 Å². The van der Waals surface area contributed by atoms with E-state index in [0.717, 1.165) is 29.7 Å². The summed E-state index contributed by atoms with van der Waals surface area (Å²) >= 11 is 0. The van der Waals surface area contributed by atoms with Crippen LogP contribution in [0.1, 0.15) is 45.2 Å². The van der Waals surface area contributed by atoms with Crippen LogP contribution in [0.4, 0.5) is 11.6 Å². The molecular weight excluding hydrogens is 415 g/mol. The summed E-state index contributed by atoms with van der Waals surface area (Å²) in [6.45, 7) is 6.50. The lowest BCUT2D eigenvalue weighted by molar-refractivity contribution is 0.188. The van der Waals surface area contributed by atoms with E-state index in [1.807, 2.05) is 6.07 Å². The first-order valence-corrected chi connectivity index (χ1v) is 10.9. The highest BCUT2D eigenvalue weighted by Gasteiger charge is 2.15. The van der Waals surface area contributed by atoms with Gasteiger partial charge in [-0.2, -0.15) is 10.2 Å². The first-order chi connectivity index (χ1) is 15.7. The van der Waals surface area contributed by atoms with Gasteiger partial charge in [-0.1, -0.05) is 33.1 Å². The van der Waals surface area contributed by atoms with Crippen LogP contribution in [0.5, 0.6) is 0 Å². The fourth-order valence-corrected chi connectivity index (χ4v) is 3.11. The van der Waals surface area contributed by atoms with Gasteiger partial charge in [-0.05, 0) is 29.6 Å². The monoisotopic (exact) mass is 441 g/mol. The first-order valence-electron chi connectivity index (χ1n) is 10.9. The van der Waals surface area contributed by atoms with Crippen molar-refractivity contribution < 1.29 is 4.74 Å². The number of aromatic amines is 2. The number of H-pyrrole nitrogens is 2. The van der Waals surface area contributed by atoms with Crippen LogP contribution in [0.15, 0.2) is 23.3 Å². The zero-order chi connectivity index (χ0) is 24.0. The summed E-state index contributed by atoms with van der Waals surface area (Å²) < 4.78 is 6.11. The lowest BCUT2D eigenvalue weighted by Gasteiger charge is -2.21. The molecule has 0 amide bonds. The van der Waals surface area contributed by atoms with Gasteiger partial charge in [0.2, 0.25) is 5.95 Å².